The van der Waals surface area contributed by atoms with E-state index >= 15 is 0 Å². The number of alkyl halides is 3. The molecule has 24 heavy (non-hydrogen) atoms. The van der Waals surface area contributed by atoms with E-state index in [1.54, 1.807) is 24.3 Å². The second-order valence-corrected chi connectivity index (χ2v) is 5.38. The summed E-state index contributed by atoms with van der Waals surface area (Å²) < 4.78 is 43.2. The van der Waals surface area contributed by atoms with Gasteiger partial charge in [-0.2, -0.15) is 13.2 Å². The molecule has 0 aliphatic carbocycles. The first-order chi connectivity index (χ1) is 11.2. The number of aromatic carboxylic acids is 1. The van der Waals surface area contributed by atoms with Gasteiger partial charge < -0.3 is 9.52 Å². The Hall–Kier alpha value is -2.61. The maximum absolute atomic E-state index is 12.8. The Morgan fingerprint density at radius 3 is 2.67 bits per heavy atom. The normalized spacial score (nSPS) is 11.8. The monoisotopic (exact) mass is 356 g/mol. The first-order valence-electron chi connectivity index (χ1n) is 6.58. The molecular formula is C15H8ClF3N2O3. The fraction of sp³-hybridized carbons (Fsp3) is 0.133. The zero-order chi connectivity index (χ0) is 17.5. The summed E-state index contributed by atoms with van der Waals surface area (Å²) in [7, 11) is 0. The highest BCUT2D eigenvalue weighted by atomic mass is 35.5. The molecule has 3 aromatic rings. The second kappa shape index (κ2) is 5.79. The Morgan fingerprint density at radius 1 is 1.29 bits per heavy atom. The van der Waals surface area contributed by atoms with E-state index in [2.05, 4.69) is 9.97 Å². The average molecular weight is 357 g/mol. The lowest BCUT2D eigenvalue weighted by Crippen LogP contribution is -2.11. The summed E-state index contributed by atoms with van der Waals surface area (Å²) in [5.41, 5.74) is -0.299. The van der Waals surface area contributed by atoms with Crippen LogP contribution in [0.4, 0.5) is 13.2 Å². The van der Waals surface area contributed by atoms with Crippen LogP contribution < -0.4 is 0 Å². The number of rotatable bonds is 3. The first kappa shape index (κ1) is 16.3. The van der Waals surface area contributed by atoms with Crippen molar-refractivity contribution in [3.8, 4) is 0 Å². The summed E-state index contributed by atoms with van der Waals surface area (Å²) in [4.78, 5) is 18.3. The molecule has 0 unspecified atom stereocenters. The molecule has 0 aliphatic heterocycles. The number of oxazole rings is 1. The number of benzene rings is 1. The predicted molar refractivity (Wildman–Crippen MR) is 78.0 cm³/mol. The summed E-state index contributed by atoms with van der Waals surface area (Å²) in [5, 5.41) is 9.94. The molecule has 0 atom stereocenters. The van der Waals surface area contributed by atoms with Crippen molar-refractivity contribution in [2.75, 3.05) is 0 Å². The van der Waals surface area contributed by atoms with Crippen molar-refractivity contribution in [1.29, 1.82) is 0 Å². The number of aromatic nitrogens is 2. The van der Waals surface area contributed by atoms with Gasteiger partial charge in [-0.25, -0.2) is 9.78 Å². The van der Waals surface area contributed by atoms with E-state index in [9.17, 15) is 18.0 Å². The van der Waals surface area contributed by atoms with Crippen LogP contribution >= 0.6 is 11.6 Å². The van der Waals surface area contributed by atoms with E-state index in [4.69, 9.17) is 21.1 Å². The zero-order valence-corrected chi connectivity index (χ0v) is 12.5. The Kier molecular flexibility index (Phi) is 3.92. The van der Waals surface area contributed by atoms with Gasteiger partial charge in [0.25, 0.3) is 0 Å². The number of carbonyl (C=O) groups is 1. The average Bonchev–Trinajstić information content (AvgIpc) is 2.91. The van der Waals surface area contributed by atoms with E-state index in [1.807, 2.05) is 0 Å². The quantitative estimate of drug-likeness (QED) is 0.761. The van der Waals surface area contributed by atoms with Gasteiger partial charge in [0.1, 0.15) is 0 Å². The molecule has 3 rings (SSSR count). The Balaban J connectivity index is 1.98. The molecule has 0 aliphatic rings. The first-order valence-corrected chi connectivity index (χ1v) is 6.96. The SMILES string of the molecule is O=C(O)c1oc(Cc2ccc3ncc(Cl)cc3c2)nc1C(F)(F)F. The maximum atomic E-state index is 12.8. The van der Waals surface area contributed by atoms with E-state index in [0.29, 0.717) is 21.5 Å². The van der Waals surface area contributed by atoms with Crippen molar-refractivity contribution in [2.45, 2.75) is 12.6 Å². The molecule has 0 bridgehead atoms. The van der Waals surface area contributed by atoms with Gasteiger partial charge in [-0.05, 0) is 23.8 Å². The third kappa shape index (κ3) is 3.18. The van der Waals surface area contributed by atoms with E-state index < -0.39 is 23.6 Å². The zero-order valence-electron chi connectivity index (χ0n) is 11.8. The molecule has 124 valence electrons. The highest BCUT2D eigenvalue weighted by Gasteiger charge is 2.41. The minimum Gasteiger partial charge on any atom is -0.475 e. The van der Waals surface area contributed by atoms with Crippen LogP contribution in [0.5, 0.6) is 0 Å². The summed E-state index contributed by atoms with van der Waals surface area (Å²) in [5.74, 6) is -3.38. The number of hydrogen-bond acceptors (Lipinski definition) is 4. The van der Waals surface area contributed by atoms with Gasteiger partial charge >= 0.3 is 12.1 Å². The van der Waals surface area contributed by atoms with Gasteiger partial charge in [0, 0.05) is 18.0 Å². The molecule has 1 N–H and O–H groups in total. The Bertz CT molecular complexity index is 937. The highest BCUT2D eigenvalue weighted by molar-refractivity contribution is 6.31. The summed E-state index contributed by atoms with van der Waals surface area (Å²) in [6.07, 6.45) is -3.53. The molecule has 1 aromatic carbocycles. The molecule has 9 heteroatoms. The summed E-state index contributed by atoms with van der Waals surface area (Å²) >= 11 is 5.86. The van der Waals surface area contributed by atoms with Crippen molar-refractivity contribution < 1.29 is 27.5 Å². The molecule has 0 amide bonds. The van der Waals surface area contributed by atoms with Gasteiger partial charge in [-0.3, -0.25) is 4.98 Å². The number of hydrogen-bond donors (Lipinski definition) is 1. The predicted octanol–water partition coefficient (Wildman–Crippen LogP) is 4.18. The summed E-state index contributed by atoms with van der Waals surface area (Å²) in [6.45, 7) is 0. The van der Waals surface area contributed by atoms with E-state index in [1.165, 1.54) is 6.20 Å². The van der Waals surface area contributed by atoms with Crippen molar-refractivity contribution in [1.82, 2.24) is 9.97 Å². The molecule has 5 nitrogen and oxygen atoms in total. The van der Waals surface area contributed by atoms with E-state index in [-0.39, 0.29) is 12.3 Å². The minimum atomic E-state index is -4.91. The van der Waals surface area contributed by atoms with Gasteiger partial charge in [-0.15, -0.1) is 0 Å². The molecule has 0 spiro atoms. The van der Waals surface area contributed by atoms with E-state index in [0.717, 1.165) is 0 Å². The molecule has 0 saturated carbocycles. The highest BCUT2D eigenvalue weighted by Crippen LogP contribution is 2.32. The smallest absolute Gasteiger partial charge is 0.437 e. The molecule has 2 heterocycles. The Morgan fingerprint density at radius 2 is 2.04 bits per heavy atom. The third-order valence-corrected chi connectivity index (χ3v) is 3.41. The fourth-order valence-corrected chi connectivity index (χ4v) is 2.38. The van der Waals surface area contributed by atoms with Gasteiger partial charge in [-0.1, -0.05) is 17.7 Å². The van der Waals surface area contributed by atoms with Crippen LogP contribution in [0.15, 0.2) is 34.9 Å². The van der Waals surface area contributed by atoms with Gasteiger partial charge in [0.15, 0.2) is 11.6 Å². The van der Waals surface area contributed by atoms with Crippen LogP contribution in [0.3, 0.4) is 0 Å². The minimum absolute atomic E-state index is 0.0984. The fourth-order valence-electron chi connectivity index (χ4n) is 2.22. The van der Waals surface area contributed by atoms with Crippen molar-refractivity contribution in [3.05, 3.63) is 58.4 Å². The second-order valence-electron chi connectivity index (χ2n) is 4.95. The van der Waals surface area contributed by atoms with Gasteiger partial charge in [0.05, 0.1) is 10.5 Å². The molecule has 0 saturated heterocycles. The molecular weight excluding hydrogens is 349 g/mol. The largest absolute Gasteiger partial charge is 0.475 e. The summed E-state index contributed by atoms with van der Waals surface area (Å²) in [6, 6.07) is 6.65. The lowest BCUT2D eigenvalue weighted by molar-refractivity contribution is -0.141. The number of fused-ring (bicyclic) bond motifs is 1. The number of halogens is 4. The van der Waals surface area contributed by atoms with Gasteiger partial charge in [0.2, 0.25) is 5.76 Å². The number of carboxylic acid groups (broad SMARTS) is 1. The van der Waals surface area contributed by atoms with Crippen LogP contribution in [0.1, 0.15) is 27.7 Å². The molecule has 0 radical (unpaired) electrons. The number of nitrogens with zero attached hydrogens (tertiary/aromatic N) is 2. The van der Waals surface area contributed by atoms with Crippen LogP contribution in [0, 0.1) is 0 Å². The van der Waals surface area contributed by atoms with Crippen molar-refractivity contribution in [3.63, 3.8) is 0 Å². The number of carboxylic acids is 1. The lowest BCUT2D eigenvalue weighted by Gasteiger charge is -2.02. The Labute approximate surface area is 137 Å². The van der Waals surface area contributed by atoms with Crippen molar-refractivity contribution >= 4 is 28.5 Å². The van der Waals surface area contributed by atoms with Crippen LogP contribution in [-0.4, -0.2) is 21.0 Å². The molecule has 2 aromatic heterocycles. The maximum Gasteiger partial charge on any atom is 0.437 e. The standard InChI is InChI=1S/C15H8ClF3N2O3/c16-9-5-8-3-7(1-2-10(8)20-6-9)4-11-21-13(15(17,18)19)12(24-11)14(22)23/h1-3,5-6H,4H2,(H,22,23). The lowest BCUT2D eigenvalue weighted by atomic mass is 10.1. The van der Waals surface area contributed by atoms with Crippen LogP contribution in [0.25, 0.3) is 10.9 Å². The third-order valence-electron chi connectivity index (χ3n) is 3.20. The molecule has 0 fully saturated rings. The van der Waals surface area contributed by atoms with Crippen molar-refractivity contribution in [2.24, 2.45) is 0 Å². The van der Waals surface area contributed by atoms with Crippen LogP contribution in [0.2, 0.25) is 5.02 Å². The van der Waals surface area contributed by atoms with Crippen LogP contribution in [-0.2, 0) is 12.6 Å². The number of pyridine rings is 1. The topological polar surface area (TPSA) is 76.2 Å².